The Bertz CT molecular complexity index is 799. The number of amides is 2. The molecule has 142 valence electrons. The minimum Gasteiger partial charge on any atom is -0.497 e. The third-order valence-electron chi connectivity index (χ3n) is 3.69. The Morgan fingerprint density at radius 3 is 2.00 bits per heavy atom. The lowest BCUT2D eigenvalue weighted by Gasteiger charge is -2.07. The Morgan fingerprint density at radius 1 is 0.889 bits per heavy atom. The van der Waals surface area contributed by atoms with Crippen molar-refractivity contribution in [3.8, 4) is 11.5 Å². The van der Waals surface area contributed by atoms with Crippen LogP contribution in [0.15, 0.2) is 53.6 Å². The van der Waals surface area contributed by atoms with Crippen LogP contribution < -0.4 is 20.2 Å². The summed E-state index contributed by atoms with van der Waals surface area (Å²) in [6.45, 7) is 1.68. The summed E-state index contributed by atoms with van der Waals surface area (Å²) in [6, 6.07) is 14.2. The van der Waals surface area contributed by atoms with Gasteiger partial charge >= 0.3 is 0 Å². The van der Waals surface area contributed by atoms with Gasteiger partial charge in [0.15, 0.2) is 0 Å². The lowest BCUT2D eigenvalue weighted by atomic mass is 10.1. The molecule has 7 heteroatoms. The molecule has 0 aliphatic heterocycles. The van der Waals surface area contributed by atoms with Gasteiger partial charge in [-0.1, -0.05) is 12.1 Å². The van der Waals surface area contributed by atoms with Crippen LogP contribution in [-0.2, 0) is 16.0 Å². The van der Waals surface area contributed by atoms with Crippen LogP contribution in [-0.4, -0.2) is 31.7 Å². The van der Waals surface area contributed by atoms with Crippen LogP contribution in [0.2, 0.25) is 0 Å². The van der Waals surface area contributed by atoms with Gasteiger partial charge in [-0.3, -0.25) is 9.59 Å². The van der Waals surface area contributed by atoms with Crippen molar-refractivity contribution in [1.82, 2.24) is 5.43 Å². The van der Waals surface area contributed by atoms with Crippen LogP contribution in [0.1, 0.15) is 18.9 Å². The van der Waals surface area contributed by atoms with Gasteiger partial charge in [-0.2, -0.15) is 5.10 Å². The maximum absolute atomic E-state index is 12.0. The van der Waals surface area contributed by atoms with Gasteiger partial charge < -0.3 is 14.8 Å². The number of ether oxygens (including phenoxy) is 2. The number of carbonyl (C=O) groups is 2. The fourth-order valence-electron chi connectivity index (χ4n) is 2.28. The SMILES string of the molecule is COc1ccc(CC(=O)N/N=C(\C)CC(=O)Nc2ccc(OC)cc2)cc1. The van der Waals surface area contributed by atoms with Crippen molar-refractivity contribution >= 4 is 23.2 Å². The number of methoxy groups -OCH3 is 2. The highest BCUT2D eigenvalue weighted by Gasteiger charge is 2.07. The predicted octanol–water partition coefficient (Wildman–Crippen LogP) is 2.77. The number of carbonyl (C=O) groups excluding carboxylic acids is 2. The zero-order valence-corrected chi connectivity index (χ0v) is 15.6. The summed E-state index contributed by atoms with van der Waals surface area (Å²) < 4.78 is 10.1. The summed E-state index contributed by atoms with van der Waals surface area (Å²) >= 11 is 0. The monoisotopic (exact) mass is 369 g/mol. The topological polar surface area (TPSA) is 89.0 Å². The first kappa shape index (κ1) is 20.0. The smallest absolute Gasteiger partial charge is 0.244 e. The van der Waals surface area contributed by atoms with Gasteiger partial charge in [-0.05, 0) is 48.9 Å². The predicted molar refractivity (Wildman–Crippen MR) is 104 cm³/mol. The number of hydrogen-bond acceptors (Lipinski definition) is 5. The van der Waals surface area contributed by atoms with E-state index in [4.69, 9.17) is 9.47 Å². The maximum atomic E-state index is 12.0. The minimum absolute atomic E-state index is 0.0782. The molecular formula is C20H23N3O4. The molecule has 0 heterocycles. The summed E-state index contributed by atoms with van der Waals surface area (Å²) in [5, 5.41) is 6.74. The largest absolute Gasteiger partial charge is 0.497 e. The molecule has 0 radical (unpaired) electrons. The fourth-order valence-corrected chi connectivity index (χ4v) is 2.28. The number of nitrogens with zero attached hydrogens (tertiary/aromatic N) is 1. The maximum Gasteiger partial charge on any atom is 0.244 e. The van der Waals surface area contributed by atoms with Crippen molar-refractivity contribution in [3.63, 3.8) is 0 Å². The molecule has 0 saturated carbocycles. The van der Waals surface area contributed by atoms with E-state index in [0.717, 1.165) is 11.3 Å². The van der Waals surface area contributed by atoms with Gasteiger partial charge in [-0.25, -0.2) is 5.43 Å². The van der Waals surface area contributed by atoms with E-state index in [-0.39, 0.29) is 24.7 Å². The first-order valence-electron chi connectivity index (χ1n) is 8.39. The summed E-state index contributed by atoms with van der Waals surface area (Å²) in [5.74, 6) is 0.974. The fraction of sp³-hybridized carbons (Fsp3) is 0.250. The molecule has 0 atom stereocenters. The van der Waals surface area contributed by atoms with Crippen molar-refractivity contribution in [2.75, 3.05) is 19.5 Å². The van der Waals surface area contributed by atoms with E-state index in [2.05, 4.69) is 15.8 Å². The second-order valence-corrected chi connectivity index (χ2v) is 5.86. The van der Waals surface area contributed by atoms with Crippen molar-refractivity contribution in [1.29, 1.82) is 0 Å². The lowest BCUT2D eigenvalue weighted by Crippen LogP contribution is -2.22. The number of hydrogen-bond donors (Lipinski definition) is 2. The minimum atomic E-state index is -0.255. The second kappa shape index (κ2) is 9.96. The molecule has 2 aromatic carbocycles. The van der Waals surface area contributed by atoms with E-state index in [9.17, 15) is 9.59 Å². The lowest BCUT2D eigenvalue weighted by molar-refractivity contribution is -0.120. The quantitative estimate of drug-likeness (QED) is 0.553. The van der Waals surface area contributed by atoms with E-state index in [0.29, 0.717) is 17.1 Å². The zero-order chi connectivity index (χ0) is 19.6. The Labute approximate surface area is 158 Å². The first-order valence-corrected chi connectivity index (χ1v) is 8.39. The molecular weight excluding hydrogens is 346 g/mol. The highest BCUT2D eigenvalue weighted by molar-refractivity contribution is 6.05. The Hall–Kier alpha value is -3.35. The van der Waals surface area contributed by atoms with Gasteiger partial charge in [-0.15, -0.1) is 0 Å². The third kappa shape index (κ3) is 6.81. The van der Waals surface area contributed by atoms with Crippen molar-refractivity contribution < 1.29 is 19.1 Å². The Balaban J connectivity index is 1.79. The Morgan fingerprint density at radius 2 is 1.44 bits per heavy atom. The molecule has 0 unspecified atom stereocenters. The molecule has 27 heavy (non-hydrogen) atoms. The molecule has 2 aromatic rings. The molecule has 0 saturated heterocycles. The van der Waals surface area contributed by atoms with Crippen LogP contribution >= 0.6 is 0 Å². The van der Waals surface area contributed by atoms with Gasteiger partial charge in [0.05, 0.1) is 27.1 Å². The van der Waals surface area contributed by atoms with Crippen LogP contribution in [0.5, 0.6) is 11.5 Å². The zero-order valence-electron chi connectivity index (χ0n) is 15.6. The van der Waals surface area contributed by atoms with Crippen LogP contribution in [0.4, 0.5) is 5.69 Å². The molecule has 2 amide bonds. The van der Waals surface area contributed by atoms with E-state index >= 15 is 0 Å². The van der Waals surface area contributed by atoms with Gasteiger partial charge in [0.2, 0.25) is 11.8 Å². The number of anilines is 1. The van der Waals surface area contributed by atoms with Gasteiger partial charge in [0.1, 0.15) is 11.5 Å². The van der Waals surface area contributed by atoms with Gasteiger partial charge in [0, 0.05) is 11.4 Å². The second-order valence-electron chi connectivity index (χ2n) is 5.86. The molecule has 2 rings (SSSR count). The van der Waals surface area contributed by atoms with E-state index in [1.165, 1.54) is 0 Å². The summed E-state index contributed by atoms with van der Waals surface area (Å²) in [4.78, 5) is 24.0. The molecule has 7 nitrogen and oxygen atoms in total. The standard InChI is InChI=1S/C20H23N3O4/c1-14(12-19(24)21-16-6-10-18(27-3)11-7-16)22-23-20(25)13-15-4-8-17(26-2)9-5-15/h4-11H,12-13H2,1-3H3,(H,21,24)(H,23,25)/b22-14+. The average Bonchev–Trinajstić information content (AvgIpc) is 2.67. The number of nitrogens with one attached hydrogen (secondary N) is 2. The molecule has 0 spiro atoms. The molecule has 0 fully saturated rings. The normalized spacial score (nSPS) is 10.9. The van der Waals surface area contributed by atoms with Crippen LogP contribution in [0, 0.1) is 0 Å². The molecule has 0 aromatic heterocycles. The molecule has 0 aliphatic carbocycles. The average molecular weight is 369 g/mol. The Kier molecular flexibility index (Phi) is 7.37. The molecule has 0 aliphatic rings. The molecule has 2 N–H and O–H groups in total. The van der Waals surface area contributed by atoms with Gasteiger partial charge in [0.25, 0.3) is 0 Å². The molecule has 0 bridgehead atoms. The van der Waals surface area contributed by atoms with E-state index in [1.54, 1.807) is 57.5 Å². The van der Waals surface area contributed by atoms with Crippen molar-refractivity contribution in [2.45, 2.75) is 19.8 Å². The highest BCUT2D eigenvalue weighted by Crippen LogP contribution is 2.15. The number of rotatable bonds is 8. The number of hydrazone groups is 1. The van der Waals surface area contributed by atoms with E-state index in [1.807, 2.05) is 12.1 Å². The first-order chi connectivity index (χ1) is 13.0. The summed E-state index contributed by atoms with van der Waals surface area (Å²) in [5.41, 5.74) is 4.48. The third-order valence-corrected chi connectivity index (χ3v) is 3.69. The van der Waals surface area contributed by atoms with Crippen LogP contribution in [0.25, 0.3) is 0 Å². The number of benzene rings is 2. The van der Waals surface area contributed by atoms with Crippen LogP contribution in [0.3, 0.4) is 0 Å². The van der Waals surface area contributed by atoms with Crippen molar-refractivity contribution in [3.05, 3.63) is 54.1 Å². The van der Waals surface area contributed by atoms with Crippen molar-refractivity contribution in [2.24, 2.45) is 5.10 Å². The van der Waals surface area contributed by atoms with E-state index < -0.39 is 0 Å². The highest BCUT2D eigenvalue weighted by atomic mass is 16.5. The summed E-state index contributed by atoms with van der Waals surface area (Å²) in [7, 11) is 3.17. The summed E-state index contributed by atoms with van der Waals surface area (Å²) in [6.07, 6.45) is 0.271.